The number of phenols is 1. The fourth-order valence-electron chi connectivity index (χ4n) is 1.74. The Kier molecular flexibility index (Phi) is 4.79. The molecule has 5 heteroatoms. The molecular formula is C15H17NO4. The molecular weight excluding hydrogens is 258 g/mol. The summed E-state index contributed by atoms with van der Waals surface area (Å²) in [5.74, 6) is 0.933. The van der Waals surface area contributed by atoms with Crippen molar-refractivity contribution in [1.29, 1.82) is 0 Å². The number of hydrogen-bond acceptors (Lipinski definition) is 5. The number of aromatic hydroxyl groups is 1. The van der Waals surface area contributed by atoms with Crippen LogP contribution in [-0.2, 0) is 0 Å². The van der Waals surface area contributed by atoms with Gasteiger partial charge in [-0.3, -0.25) is 4.99 Å². The van der Waals surface area contributed by atoms with Crippen LogP contribution in [0.5, 0.6) is 11.5 Å². The topological polar surface area (TPSA) is 75.2 Å². The van der Waals surface area contributed by atoms with Gasteiger partial charge < -0.3 is 19.4 Å². The van der Waals surface area contributed by atoms with E-state index in [-0.39, 0.29) is 12.3 Å². The molecule has 0 aliphatic rings. The molecule has 0 saturated carbocycles. The number of aliphatic hydroxyl groups is 1. The van der Waals surface area contributed by atoms with Crippen LogP contribution >= 0.6 is 0 Å². The summed E-state index contributed by atoms with van der Waals surface area (Å²) in [6.45, 7) is 2.48. The lowest BCUT2D eigenvalue weighted by Gasteiger charge is -2.07. The van der Waals surface area contributed by atoms with Crippen LogP contribution in [0.4, 0.5) is 0 Å². The Morgan fingerprint density at radius 1 is 1.35 bits per heavy atom. The maximum absolute atomic E-state index is 9.97. The van der Waals surface area contributed by atoms with Crippen LogP contribution in [0.15, 0.2) is 46.0 Å². The van der Waals surface area contributed by atoms with Gasteiger partial charge in [-0.05, 0) is 31.2 Å². The Hall–Kier alpha value is -2.27. The van der Waals surface area contributed by atoms with E-state index < -0.39 is 6.10 Å². The highest BCUT2D eigenvalue weighted by atomic mass is 16.5. The summed E-state index contributed by atoms with van der Waals surface area (Å²) in [6.07, 6.45) is 2.21. The summed E-state index contributed by atoms with van der Waals surface area (Å²) in [4.78, 5) is 4.11. The predicted molar refractivity (Wildman–Crippen MR) is 75.4 cm³/mol. The van der Waals surface area contributed by atoms with E-state index in [0.717, 1.165) is 0 Å². The molecule has 0 fully saturated rings. The van der Waals surface area contributed by atoms with E-state index in [1.54, 1.807) is 30.3 Å². The van der Waals surface area contributed by atoms with Gasteiger partial charge in [-0.1, -0.05) is 6.07 Å². The number of ether oxygens (including phenoxy) is 1. The minimum atomic E-state index is -0.793. The van der Waals surface area contributed by atoms with Crippen molar-refractivity contribution in [3.63, 3.8) is 0 Å². The first-order chi connectivity index (χ1) is 9.72. The molecule has 0 bridgehead atoms. The Labute approximate surface area is 117 Å². The van der Waals surface area contributed by atoms with Crippen molar-refractivity contribution in [3.05, 3.63) is 47.9 Å². The average molecular weight is 275 g/mol. The number of aliphatic hydroxyl groups excluding tert-OH is 1. The normalized spacial score (nSPS) is 12.7. The molecule has 2 rings (SSSR count). The monoisotopic (exact) mass is 275 g/mol. The van der Waals surface area contributed by atoms with Crippen molar-refractivity contribution in [2.75, 3.05) is 13.2 Å². The predicted octanol–water partition coefficient (Wildman–Crippen LogP) is 2.54. The van der Waals surface area contributed by atoms with Gasteiger partial charge in [-0.2, -0.15) is 0 Å². The number of phenolic OH excluding ortho intramolecular Hbond substituents is 1. The third-order valence-electron chi connectivity index (χ3n) is 2.71. The summed E-state index contributed by atoms with van der Waals surface area (Å²) in [5.41, 5.74) is 0.544. The Balaban J connectivity index is 2.02. The molecule has 5 nitrogen and oxygen atoms in total. The van der Waals surface area contributed by atoms with Crippen molar-refractivity contribution in [2.24, 2.45) is 4.99 Å². The molecule has 0 spiro atoms. The van der Waals surface area contributed by atoms with Gasteiger partial charge in [0.1, 0.15) is 11.9 Å². The third-order valence-corrected chi connectivity index (χ3v) is 2.71. The number of aliphatic imine (C=N–C) groups is 1. The minimum absolute atomic E-state index is 0.0468. The molecule has 0 radical (unpaired) electrons. The molecule has 106 valence electrons. The SMILES string of the molecule is CCOc1cccc(C=NCC(O)c2ccco2)c1O. The number of furan rings is 1. The first kappa shape index (κ1) is 14.1. The number of para-hydroxylation sites is 1. The number of hydrogen-bond donors (Lipinski definition) is 2. The van der Waals surface area contributed by atoms with Crippen LogP contribution < -0.4 is 4.74 Å². The van der Waals surface area contributed by atoms with Gasteiger partial charge in [0.15, 0.2) is 11.5 Å². The van der Waals surface area contributed by atoms with Gasteiger partial charge >= 0.3 is 0 Å². The van der Waals surface area contributed by atoms with Gasteiger partial charge in [0.05, 0.1) is 19.4 Å². The highest BCUT2D eigenvalue weighted by Gasteiger charge is 2.09. The minimum Gasteiger partial charge on any atom is -0.504 e. The summed E-state index contributed by atoms with van der Waals surface area (Å²) < 4.78 is 10.4. The summed E-state index contributed by atoms with van der Waals surface area (Å²) >= 11 is 0. The Morgan fingerprint density at radius 2 is 2.20 bits per heavy atom. The van der Waals surface area contributed by atoms with E-state index in [1.165, 1.54) is 12.5 Å². The first-order valence-electron chi connectivity index (χ1n) is 6.38. The third kappa shape index (κ3) is 3.39. The van der Waals surface area contributed by atoms with Gasteiger partial charge in [-0.15, -0.1) is 0 Å². The Morgan fingerprint density at radius 3 is 2.90 bits per heavy atom. The summed E-state index contributed by atoms with van der Waals surface area (Å²) in [7, 11) is 0. The smallest absolute Gasteiger partial charge is 0.166 e. The highest BCUT2D eigenvalue weighted by molar-refractivity contribution is 5.84. The van der Waals surface area contributed by atoms with E-state index in [2.05, 4.69) is 4.99 Å². The van der Waals surface area contributed by atoms with Gasteiger partial charge in [0.25, 0.3) is 0 Å². The van der Waals surface area contributed by atoms with Crippen LogP contribution in [0.1, 0.15) is 24.4 Å². The largest absolute Gasteiger partial charge is 0.504 e. The quantitative estimate of drug-likeness (QED) is 0.794. The van der Waals surface area contributed by atoms with Crippen LogP contribution in [0.3, 0.4) is 0 Å². The summed E-state index contributed by atoms with van der Waals surface area (Å²) in [5, 5.41) is 19.8. The van der Waals surface area contributed by atoms with Crippen molar-refractivity contribution in [2.45, 2.75) is 13.0 Å². The van der Waals surface area contributed by atoms with Gasteiger partial charge in [0, 0.05) is 11.8 Å². The zero-order chi connectivity index (χ0) is 14.4. The van der Waals surface area contributed by atoms with E-state index in [1.807, 2.05) is 6.92 Å². The maximum Gasteiger partial charge on any atom is 0.166 e. The number of rotatable bonds is 6. The second-order valence-electron chi connectivity index (χ2n) is 4.15. The van der Waals surface area contributed by atoms with Gasteiger partial charge in [0.2, 0.25) is 0 Å². The summed E-state index contributed by atoms with van der Waals surface area (Å²) in [6, 6.07) is 8.58. The molecule has 1 aromatic heterocycles. The van der Waals surface area contributed by atoms with E-state index in [9.17, 15) is 10.2 Å². The molecule has 0 aliphatic carbocycles. The average Bonchev–Trinajstić information content (AvgIpc) is 2.97. The van der Waals surface area contributed by atoms with Crippen LogP contribution in [-0.4, -0.2) is 29.6 Å². The molecule has 20 heavy (non-hydrogen) atoms. The first-order valence-corrected chi connectivity index (χ1v) is 6.38. The zero-order valence-electron chi connectivity index (χ0n) is 11.2. The lowest BCUT2D eigenvalue weighted by Crippen LogP contribution is -2.00. The molecule has 0 saturated heterocycles. The Bertz CT molecular complexity index is 563. The maximum atomic E-state index is 9.97. The molecule has 0 amide bonds. The molecule has 2 aromatic rings. The fourth-order valence-corrected chi connectivity index (χ4v) is 1.74. The molecule has 2 N–H and O–H groups in total. The second kappa shape index (κ2) is 6.77. The van der Waals surface area contributed by atoms with Crippen molar-refractivity contribution >= 4 is 6.21 Å². The molecule has 0 aliphatic heterocycles. The van der Waals surface area contributed by atoms with E-state index >= 15 is 0 Å². The van der Waals surface area contributed by atoms with Gasteiger partial charge in [-0.25, -0.2) is 0 Å². The highest BCUT2D eigenvalue weighted by Crippen LogP contribution is 2.28. The molecule has 1 atom stereocenters. The lowest BCUT2D eigenvalue weighted by atomic mass is 10.2. The van der Waals surface area contributed by atoms with Crippen molar-refractivity contribution in [3.8, 4) is 11.5 Å². The standard InChI is InChI=1S/C15H17NO4/c1-2-19-14-6-3-5-11(15(14)18)9-16-10-12(17)13-7-4-8-20-13/h3-9,12,17-18H,2,10H2,1H3. The second-order valence-corrected chi connectivity index (χ2v) is 4.15. The van der Waals surface area contributed by atoms with Crippen molar-refractivity contribution < 1.29 is 19.4 Å². The van der Waals surface area contributed by atoms with E-state index in [0.29, 0.717) is 23.7 Å². The van der Waals surface area contributed by atoms with Crippen molar-refractivity contribution in [1.82, 2.24) is 0 Å². The van der Waals surface area contributed by atoms with E-state index in [4.69, 9.17) is 9.15 Å². The fraction of sp³-hybridized carbons (Fsp3) is 0.267. The molecule has 1 aromatic carbocycles. The van der Waals surface area contributed by atoms with Crippen LogP contribution in [0.25, 0.3) is 0 Å². The van der Waals surface area contributed by atoms with Crippen LogP contribution in [0.2, 0.25) is 0 Å². The molecule has 1 heterocycles. The lowest BCUT2D eigenvalue weighted by molar-refractivity contribution is 0.159. The number of benzene rings is 1. The zero-order valence-corrected chi connectivity index (χ0v) is 11.2. The van der Waals surface area contributed by atoms with Crippen LogP contribution in [0, 0.1) is 0 Å². The number of nitrogens with zero attached hydrogens (tertiary/aromatic N) is 1. The molecule has 1 unspecified atom stereocenters.